The quantitative estimate of drug-likeness (QED) is 0.113. The molecule has 0 aliphatic carbocycles. The second kappa shape index (κ2) is 15.5. The first kappa shape index (κ1) is 34.3. The van der Waals surface area contributed by atoms with E-state index in [2.05, 4.69) is 15.9 Å². The summed E-state index contributed by atoms with van der Waals surface area (Å²) in [6.07, 6.45) is 3.02. The van der Waals surface area contributed by atoms with Gasteiger partial charge in [-0.05, 0) is 81.3 Å². The lowest BCUT2D eigenvalue weighted by molar-refractivity contribution is 0.00425. The first-order valence-corrected chi connectivity index (χ1v) is 15.9. The molecule has 0 aliphatic heterocycles. The fraction of sp³-hybridized carbons (Fsp3) is 0.344. The minimum Gasteiger partial charge on any atom is -0.491 e. The van der Waals surface area contributed by atoms with Crippen molar-refractivity contribution in [1.29, 1.82) is 0 Å². The second-order valence-corrected chi connectivity index (χ2v) is 13.0. The Morgan fingerprint density at radius 1 is 0.930 bits per heavy atom. The van der Waals surface area contributed by atoms with Gasteiger partial charge in [-0.25, -0.2) is 4.79 Å². The molecular weight excluding hydrogens is 638 g/mol. The highest BCUT2D eigenvalue weighted by molar-refractivity contribution is 9.10. The molecule has 0 heterocycles. The Balaban J connectivity index is 1.37. The number of ether oxygens (including phenoxy) is 4. The normalized spacial score (nSPS) is 12.7. The molecule has 3 rings (SSSR count). The molecule has 1 unspecified atom stereocenters. The number of anilines is 1. The fourth-order valence-electron chi connectivity index (χ4n) is 3.88. The Morgan fingerprint density at radius 3 is 2.09 bits per heavy atom. The maximum Gasteiger partial charge on any atom is 0.414 e. The summed E-state index contributed by atoms with van der Waals surface area (Å²) in [6, 6.07) is 19.8. The van der Waals surface area contributed by atoms with Crippen molar-refractivity contribution in [2.45, 2.75) is 44.3 Å². The molecule has 1 atom stereocenters. The number of halogens is 1. The molecule has 3 aromatic rings. The number of hydrogen-bond acceptors (Lipinski definition) is 7. The van der Waals surface area contributed by atoms with Crippen LogP contribution in [0.4, 0.5) is 10.5 Å². The van der Waals surface area contributed by atoms with E-state index in [0.29, 0.717) is 35.6 Å². The monoisotopic (exact) mass is 675 g/mol. The molecule has 0 radical (unpaired) electrons. The van der Waals surface area contributed by atoms with Gasteiger partial charge in [0, 0.05) is 22.8 Å². The van der Waals surface area contributed by atoms with Crippen LogP contribution in [0.1, 0.15) is 50.5 Å². The summed E-state index contributed by atoms with van der Waals surface area (Å²) >= 11 is 3.31. The van der Waals surface area contributed by atoms with Gasteiger partial charge in [0.15, 0.2) is 0 Å². The molecule has 0 aromatic heterocycles. The topological polar surface area (TPSA) is 112 Å². The van der Waals surface area contributed by atoms with E-state index in [1.807, 2.05) is 81.5 Å². The van der Waals surface area contributed by atoms with E-state index >= 15 is 0 Å². The highest BCUT2D eigenvalue weighted by atomic mass is 79.9. The van der Waals surface area contributed by atoms with Crippen LogP contribution in [0.15, 0.2) is 76.1 Å². The summed E-state index contributed by atoms with van der Waals surface area (Å²) in [5, 5.41) is 0. The van der Waals surface area contributed by atoms with Crippen LogP contribution < -0.4 is 9.64 Å². The number of carbonyl (C=O) groups excluding carboxylic acids is 1. The average molecular weight is 677 g/mol. The maximum atomic E-state index is 12.3. The van der Waals surface area contributed by atoms with Gasteiger partial charge in [0.25, 0.3) is 10.1 Å². The molecule has 9 nitrogen and oxygen atoms in total. The molecule has 1 amide bonds. The van der Waals surface area contributed by atoms with Crippen LogP contribution in [0.3, 0.4) is 0 Å². The smallest absolute Gasteiger partial charge is 0.414 e. The molecule has 3 aromatic carbocycles. The van der Waals surface area contributed by atoms with Crippen LogP contribution >= 0.6 is 15.9 Å². The molecule has 43 heavy (non-hydrogen) atoms. The third-order valence-corrected chi connectivity index (χ3v) is 7.50. The summed E-state index contributed by atoms with van der Waals surface area (Å²) in [5.41, 5.74) is 2.55. The molecule has 11 heteroatoms. The van der Waals surface area contributed by atoms with E-state index in [1.54, 1.807) is 26.1 Å². The summed E-state index contributed by atoms with van der Waals surface area (Å²) in [4.78, 5) is 13.6. The van der Waals surface area contributed by atoms with E-state index in [4.69, 9.17) is 18.9 Å². The third kappa shape index (κ3) is 11.4. The predicted molar refractivity (Wildman–Crippen MR) is 171 cm³/mol. The summed E-state index contributed by atoms with van der Waals surface area (Å²) in [7, 11) is -2.68. The lowest BCUT2D eigenvalue weighted by Crippen LogP contribution is -2.34. The molecule has 0 fully saturated rings. The van der Waals surface area contributed by atoms with Crippen LogP contribution in [-0.2, 0) is 24.3 Å². The van der Waals surface area contributed by atoms with Crippen molar-refractivity contribution < 1.29 is 36.7 Å². The van der Waals surface area contributed by atoms with Crippen molar-refractivity contribution in [2.75, 3.05) is 38.4 Å². The number of rotatable bonds is 13. The zero-order valence-electron chi connectivity index (χ0n) is 24.9. The summed E-state index contributed by atoms with van der Waals surface area (Å²) < 4.78 is 55.9. The molecule has 1 N–H and O–H groups in total. The van der Waals surface area contributed by atoms with E-state index in [-0.39, 0.29) is 11.5 Å². The van der Waals surface area contributed by atoms with Gasteiger partial charge < -0.3 is 18.9 Å². The molecule has 0 saturated carbocycles. The van der Waals surface area contributed by atoms with Crippen molar-refractivity contribution in [1.82, 2.24) is 0 Å². The van der Waals surface area contributed by atoms with Gasteiger partial charge in [-0.2, -0.15) is 8.42 Å². The minimum absolute atomic E-state index is 0.183. The van der Waals surface area contributed by atoms with Crippen LogP contribution in [0.25, 0.3) is 12.2 Å². The number of carbonyl (C=O) groups is 1. The average Bonchev–Trinajstić information content (AvgIpc) is 2.94. The molecule has 0 saturated heterocycles. The van der Waals surface area contributed by atoms with E-state index in [9.17, 15) is 17.8 Å². The fourth-order valence-corrected chi connectivity index (χ4v) is 5.02. The Labute approximate surface area is 262 Å². The summed E-state index contributed by atoms with van der Waals surface area (Å²) in [6.45, 7) is 8.46. The first-order valence-electron chi connectivity index (χ1n) is 13.7. The molecule has 0 bridgehead atoms. The summed E-state index contributed by atoms with van der Waals surface area (Å²) in [5.74, 6) is 0.715. The van der Waals surface area contributed by atoms with Gasteiger partial charge in [-0.1, -0.05) is 52.3 Å². The highest BCUT2D eigenvalue weighted by Crippen LogP contribution is 2.28. The van der Waals surface area contributed by atoms with Crippen molar-refractivity contribution in [3.05, 3.63) is 87.9 Å². The Hall–Kier alpha value is -3.22. The van der Waals surface area contributed by atoms with Crippen molar-refractivity contribution in [3.63, 3.8) is 0 Å². The third-order valence-electron chi connectivity index (χ3n) is 6.08. The molecule has 0 aliphatic rings. The van der Waals surface area contributed by atoms with Gasteiger partial charge in [0.2, 0.25) is 0 Å². The van der Waals surface area contributed by atoms with Crippen LogP contribution in [0, 0.1) is 0 Å². The van der Waals surface area contributed by atoms with E-state index in [0.717, 1.165) is 16.8 Å². The van der Waals surface area contributed by atoms with Gasteiger partial charge >= 0.3 is 6.09 Å². The van der Waals surface area contributed by atoms with Crippen molar-refractivity contribution >= 4 is 50.0 Å². The standard InChI is InChI=1S/C32H38BrNO8S/c1-23(29-22-26(33)12-17-30(29)43(36,37)38)40-20-18-39-19-21-41-28-15-10-25(11-16-28)7-6-24-8-13-27(14-9-24)34(5)31(35)42-32(2,3)4/h6-17,22-23H,18-21H2,1-5H3,(H,36,37,38)/b7-6+. The van der Waals surface area contributed by atoms with Crippen molar-refractivity contribution in [3.8, 4) is 5.75 Å². The lowest BCUT2D eigenvalue weighted by atomic mass is 10.1. The Kier molecular flexibility index (Phi) is 12.3. The van der Waals surface area contributed by atoms with Gasteiger partial charge in [0.1, 0.15) is 18.0 Å². The highest BCUT2D eigenvalue weighted by Gasteiger charge is 2.21. The number of hydrogen-bond donors (Lipinski definition) is 1. The molecule has 0 spiro atoms. The first-order chi connectivity index (χ1) is 20.2. The zero-order valence-corrected chi connectivity index (χ0v) is 27.4. The number of benzene rings is 3. The van der Waals surface area contributed by atoms with Crippen LogP contribution in [-0.4, -0.2) is 58.1 Å². The van der Waals surface area contributed by atoms with Crippen LogP contribution in [0.5, 0.6) is 5.75 Å². The predicted octanol–water partition coefficient (Wildman–Crippen LogP) is 7.41. The minimum atomic E-state index is -4.36. The zero-order chi connectivity index (χ0) is 31.6. The SMILES string of the molecule is CC(OCCOCCOc1ccc(/C=C/c2ccc(N(C)C(=O)OC(C)(C)C)cc2)cc1)c1cc(Br)ccc1S(=O)(=O)O. The van der Waals surface area contributed by atoms with Gasteiger partial charge in [-0.3, -0.25) is 9.45 Å². The van der Waals surface area contributed by atoms with E-state index < -0.39 is 27.9 Å². The van der Waals surface area contributed by atoms with E-state index in [1.165, 1.54) is 11.0 Å². The lowest BCUT2D eigenvalue weighted by Gasteiger charge is -2.24. The Bertz CT molecular complexity index is 1480. The van der Waals surface area contributed by atoms with Crippen LogP contribution in [0.2, 0.25) is 0 Å². The number of amides is 1. The largest absolute Gasteiger partial charge is 0.491 e. The van der Waals surface area contributed by atoms with Crippen molar-refractivity contribution in [2.24, 2.45) is 0 Å². The maximum absolute atomic E-state index is 12.3. The second-order valence-electron chi connectivity index (χ2n) is 10.7. The number of nitrogens with zero attached hydrogens (tertiary/aromatic N) is 1. The molecule has 232 valence electrons. The Morgan fingerprint density at radius 2 is 1.51 bits per heavy atom. The molecular formula is C32H38BrNO8S. The van der Waals surface area contributed by atoms with Gasteiger partial charge in [0.05, 0.1) is 30.8 Å². The van der Waals surface area contributed by atoms with Gasteiger partial charge in [-0.15, -0.1) is 0 Å².